The van der Waals surface area contributed by atoms with E-state index in [-0.39, 0.29) is 6.04 Å². The van der Waals surface area contributed by atoms with Gasteiger partial charge in [-0.25, -0.2) is 0 Å². The predicted molar refractivity (Wildman–Crippen MR) is 73.3 cm³/mol. The van der Waals surface area contributed by atoms with E-state index in [2.05, 4.69) is 21.2 Å². The van der Waals surface area contributed by atoms with Gasteiger partial charge >= 0.3 is 6.18 Å². The van der Waals surface area contributed by atoms with Gasteiger partial charge in [0.2, 0.25) is 0 Å². The number of anilines is 1. The molecule has 0 aromatic heterocycles. The van der Waals surface area contributed by atoms with Crippen molar-refractivity contribution < 1.29 is 17.9 Å². The molecule has 1 unspecified atom stereocenters. The van der Waals surface area contributed by atoms with Crippen molar-refractivity contribution in [1.82, 2.24) is 0 Å². The van der Waals surface area contributed by atoms with E-state index in [0.29, 0.717) is 22.7 Å². The molecule has 19 heavy (non-hydrogen) atoms. The van der Waals surface area contributed by atoms with Gasteiger partial charge in [-0.1, -0.05) is 13.8 Å². The fourth-order valence-corrected chi connectivity index (χ4v) is 2.08. The van der Waals surface area contributed by atoms with Crippen LogP contribution in [0.3, 0.4) is 0 Å². The van der Waals surface area contributed by atoms with Crippen LogP contribution in [0.25, 0.3) is 0 Å². The van der Waals surface area contributed by atoms with E-state index < -0.39 is 11.7 Å². The minimum Gasteiger partial charge on any atom is -0.383 e. The minimum absolute atomic E-state index is 0.0398. The van der Waals surface area contributed by atoms with Crippen LogP contribution in [0, 0.1) is 5.92 Å². The van der Waals surface area contributed by atoms with Crippen molar-refractivity contribution in [3.8, 4) is 0 Å². The number of methoxy groups -OCH3 is 1. The van der Waals surface area contributed by atoms with E-state index in [1.165, 1.54) is 6.07 Å². The molecule has 2 nitrogen and oxygen atoms in total. The van der Waals surface area contributed by atoms with Gasteiger partial charge in [0.05, 0.1) is 18.2 Å². The van der Waals surface area contributed by atoms with Crippen LogP contribution in [-0.2, 0) is 10.9 Å². The third kappa shape index (κ3) is 4.69. The maximum absolute atomic E-state index is 12.5. The van der Waals surface area contributed by atoms with Crippen molar-refractivity contribution in [2.24, 2.45) is 5.92 Å². The lowest BCUT2D eigenvalue weighted by atomic mass is 10.0. The quantitative estimate of drug-likeness (QED) is 0.849. The fraction of sp³-hybridized carbons (Fsp3) is 0.538. The summed E-state index contributed by atoms with van der Waals surface area (Å²) in [5, 5.41) is 3.19. The van der Waals surface area contributed by atoms with E-state index in [9.17, 15) is 13.2 Å². The Balaban J connectivity index is 2.90. The Morgan fingerprint density at radius 1 is 1.32 bits per heavy atom. The highest BCUT2D eigenvalue weighted by Crippen LogP contribution is 2.34. The summed E-state index contributed by atoms with van der Waals surface area (Å²) in [6.07, 6.45) is -4.33. The minimum atomic E-state index is -4.33. The first-order valence-corrected chi connectivity index (χ1v) is 6.67. The number of nitrogens with one attached hydrogen (secondary N) is 1. The number of alkyl halides is 3. The molecule has 0 aliphatic rings. The zero-order chi connectivity index (χ0) is 14.6. The van der Waals surface area contributed by atoms with E-state index in [1.807, 2.05) is 13.8 Å². The van der Waals surface area contributed by atoms with Crippen LogP contribution in [-0.4, -0.2) is 19.8 Å². The molecule has 1 aromatic rings. The second kappa shape index (κ2) is 6.61. The van der Waals surface area contributed by atoms with Crippen molar-refractivity contribution >= 4 is 21.6 Å². The molecular formula is C13H17BrF3NO. The SMILES string of the molecule is COCC(Nc1ccc(C(F)(F)F)cc1Br)C(C)C. The Hall–Kier alpha value is -0.750. The Labute approximate surface area is 119 Å². The van der Waals surface area contributed by atoms with Gasteiger partial charge in [0, 0.05) is 17.3 Å². The summed E-state index contributed by atoms with van der Waals surface area (Å²) in [5.41, 5.74) is -0.0403. The monoisotopic (exact) mass is 339 g/mol. The zero-order valence-electron chi connectivity index (χ0n) is 11.0. The molecule has 0 bridgehead atoms. The zero-order valence-corrected chi connectivity index (χ0v) is 12.6. The average Bonchev–Trinajstić information content (AvgIpc) is 2.29. The van der Waals surface area contributed by atoms with Crippen LogP contribution >= 0.6 is 15.9 Å². The maximum Gasteiger partial charge on any atom is 0.416 e. The third-order valence-corrected chi connectivity index (χ3v) is 3.44. The lowest BCUT2D eigenvalue weighted by molar-refractivity contribution is -0.137. The van der Waals surface area contributed by atoms with Gasteiger partial charge in [-0.3, -0.25) is 0 Å². The second-order valence-electron chi connectivity index (χ2n) is 4.64. The highest BCUT2D eigenvalue weighted by atomic mass is 79.9. The number of halogens is 4. The first kappa shape index (κ1) is 16.3. The molecule has 0 heterocycles. The fourth-order valence-electron chi connectivity index (χ4n) is 1.59. The Bertz CT molecular complexity index is 421. The van der Waals surface area contributed by atoms with Crippen LogP contribution in [0.5, 0.6) is 0 Å². The summed E-state index contributed by atoms with van der Waals surface area (Å²) < 4.78 is 43.1. The van der Waals surface area contributed by atoms with Crippen molar-refractivity contribution in [2.45, 2.75) is 26.1 Å². The van der Waals surface area contributed by atoms with Gasteiger partial charge in [0.15, 0.2) is 0 Å². The van der Waals surface area contributed by atoms with E-state index in [0.717, 1.165) is 12.1 Å². The van der Waals surface area contributed by atoms with Gasteiger partial charge in [-0.2, -0.15) is 13.2 Å². The van der Waals surface area contributed by atoms with E-state index in [4.69, 9.17) is 4.74 Å². The van der Waals surface area contributed by atoms with Crippen LogP contribution < -0.4 is 5.32 Å². The van der Waals surface area contributed by atoms with Gasteiger partial charge in [-0.05, 0) is 40.0 Å². The molecule has 0 saturated carbocycles. The number of rotatable bonds is 5. The average molecular weight is 340 g/mol. The molecule has 1 atom stereocenters. The lowest BCUT2D eigenvalue weighted by Gasteiger charge is -2.23. The van der Waals surface area contributed by atoms with Crippen molar-refractivity contribution in [3.05, 3.63) is 28.2 Å². The van der Waals surface area contributed by atoms with Gasteiger partial charge < -0.3 is 10.1 Å². The molecule has 0 saturated heterocycles. The molecule has 108 valence electrons. The molecule has 0 radical (unpaired) electrons. The Morgan fingerprint density at radius 3 is 2.37 bits per heavy atom. The van der Waals surface area contributed by atoms with Crippen LogP contribution in [0.4, 0.5) is 18.9 Å². The van der Waals surface area contributed by atoms with Crippen LogP contribution in [0.15, 0.2) is 22.7 Å². The first-order valence-electron chi connectivity index (χ1n) is 5.88. The van der Waals surface area contributed by atoms with Crippen molar-refractivity contribution in [3.63, 3.8) is 0 Å². The molecule has 1 aromatic carbocycles. The number of hydrogen-bond donors (Lipinski definition) is 1. The molecule has 0 aliphatic heterocycles. The second-order valence-corrected chi connectivity index (χ2v) is 5.50. The molecule has 0 fully saturated rings. The molecule has 1 rings (SSSR count). The highest BCUT2D eigenvalue weighted by molar-refractivity contribution is 9.10. The molecule has 0 aliphatic carbocycles. The molecule has 1 N–H and O–H groups in total. The van der Waals surface area contributed by atoms with E-state index in [1.54, 1.807) is 7.11 Å². The maximum atomic E-state index is 12.5. The third-order valence-electron chi connectivity index (χ3n) is 2.79. The van der Waals surface area contributed by atoms with Crippen LogP contribution in [0.2, 0.25) is 0 Å². The summed E-state index contributed by atoms with van der Waals surface area (Å²) >= 11 is 3.17. The molecule has 0 amide bonds. The summed E-state index contributed by atoms with van der Waals surface area (Å²) in [7, 11) is 1.60. The largest absolute Gasteiger partial charge is 0.416 e. The first-order chi connectivity index (χ1) is 8.75. The highest BCUT2D eigenvalue weighted by Gasteiger charge is 2.31. The van der Waals surface area contributed by atoms with Crippen molar-refractivity contribution in [2.75, 3.05) is 19.0 Å². The van der Waals surface area contributed by atoms with Gasteiger partial charge in [-0.15, -0.1) is 0 Å². The molecular weight excluding hydrogens is 323 g/mol. The topological polar surface area (TPSA) is 21.3 Å². The summed E-state index contributed by atoms with van der Waals surface area (Å²) in [6, 6.07) is 3.61. The predicted octanol–water partition coefficient (Wildman–Crippen LogP) is 4.55. The van der Waals surface area contributed by atoms with Crippen LogP contribution in [0.1, 0.15) is 19.4 Å². The number of benzene rings is 1. The summed E-state index contributed by atoms with van der Waals surface area (Å²) in [5.74, 6) is 0.300. The Kier molecular flexibility index (Phi) is 5.67. The smallest absolute Gasteiger partial charge is 0.383 e. The van der Waals surface area contributed by atoms with Gasteiger partial charge in [0.25, 0.3) is 0 Å². The van der Waals surface area contributed by atoms with Crippen molar-refractivity contribution in [1.29, 1.82) is 0 Å². The van der Waals surface area contributed by atoms with Gasteiger partial charge in [0.1, 0.15) is 0 Å². The summed E-state index contributed by atoms with van der Waals surface area (Å²) in [6.45, 7) is 4.54. The lowest BCUT2D eigenvalue weighted by Crippen LogP contribution is -2.30. The molecule has 0 spiro atoms. The Morgan fingerprint density at radius 2 is 1.95 bits per heavy atom. The standard InChI is InChI=1S/C13H17BrF3NO/c1-8(2)12(7-19-3)18-11-5-4-9(6-10(11)14)13(15,16)17/h4-6,8,12,18H,7H2,1-3H3. The number of ether oxygens (including phenoxy) is 1. The number of hydrogen-bond acceptors (Lipinski definition) is 2. The summed E-state index contributed by atoms with van der Waals surface area (Å²) in [4.78, 5) is 0. The normalized spacial score (nSPS) is 13.7. The molecule has 6 heteroatoms. The van der Waals surface area contributed by atoms with E-state index >= 15 is 0 Å².